The van der Waals surface area contributed by atoms with E-state index in [1.807, 2.05) is 0 Å². The van der Waals surface area contributed by atoms with Gasteiger partial charge in [-0.3, -0.25) is 0 Å². The summed E-state index contributed by atoms with van der Waals surface area (Å²) in [4.78, 5) is 2.50. The van der Waals surface area contributed by atoms with E-state index >= 15 is 0 Å². The van der Waals surface area contributed by atoms with Crippen LogP contribution in [0.3, 0.4) is 0 Å². The van der Waals surface area contributed by atoms with Crippen molar-refractivity contribution in [3.8, 4) is 33.6 Å². The third-order valence-corrected chi connectivity index (χ3v) is 13.9. The summed E-state index contributed by atoms with van der Waals surface area (Å²) in [6.45, 7) is 2.17. The van der Waals surface area contributed by atoms with Crippen LogP contribution >= 0.6 is 0 Å². The lowest BCUT2D eigenvalue weighted by Crippen LogP contribution is -2.15. The maximum absolute atomic E-state index is 2.50. The van der Waals surface area contributed by atoms with Crippen molar-refractivity contribution in [3.05, 3.63) is 224 Å². The Morgan fingerprint density at radius 3 is 1.22 bits per heavy atom. The predicted octanol–water partition coefficient (Wildman–Crippen LogP) is 16.8. The first-order chi connectivity index (χ1) is 31.7. The first kappa shape index (κ1) is 35.2. The lowest BCUT2D eigenvalue weighted by Gasteiger charge is -2.33. The van der Waals surface area contributed by atoms with Crippen molar-refractivity contribution in [1.82, 2.24) is 9.13 Å². The van der Waals surface area contributed by atoms with Crippen molar-refractivity contribution >= 4 is 93.0 Å². The van der Waals surface area contributed by atoms with Crippen LogP contribution in [0.5, 0.6) is 0 Å². The van der Waals surface area contributed by atoms with Gasteiger partial charge in [0.05, 0.1) is 44.8 Å². The van der Waals surface area contributed by atoms with Crippen molar-refractivity contribution in [2.24, 2.45) is 0 Å². The zero-order chi connectivity index (χ0) is 42.0. The van der Waals surface area contributed by atoms with Crippen LogP contribution in [0, 0.1) is 6.92 Å². The number of fused-ring (bicyclic) bond motifs is 6. The molecule has 13 aromatic rings. The minimum Gasteiger partial charge on any atom is -0.309 e. The van der Waals surface area contributed by atoms with Crippen molar-refractivity contribution in [2.45, 2.75) is 6.92 Å². The second kappa shape index (κ2) is 13.3. The molecule has 0 fully saturated rings. The number of aromatic nitrogens is 2. The zero-order valence-electron chi connectivity index (χ0n) is 35.1. The molecule has 0 N–H and O–H groups in total. The summed E-state index contributed by atoms with van der Waals surface area (Å²) >= 11 is 0. The molecule has 3 heteroatoms. The standard InChI is InChI=1S/C61H39N3/c1-38-20-26-44(27-21-38)62-57-34-32-53(63-51-18-10-8-16-45(51)49-36-42(24-30-55(49)63)39-12-4-2-5-13-39)47-28-22-41-23-29-48-54(33-35-58(62)61(48)59(41)60(47)57)64-52-19-11-9-17-46(52)50-37-43(25-31-56(50)64)40-14-6-3-7-15-40/h2-37H,1H3. The van der Waals surface area contributed by atoms with Gasteiger partial charge in [0.25, 0.3) is 0 Å². The molecule has 14 rings (SSSR count). The van der Waals surface area contributed by atoms with Gasteiger partial charge in [-0.25, -0.2) is 0 Å². The Bertz CT molecular complexity index is 3820. The molecule has 0 saturated carbocycles. The fourth-order valence-corrected chi connectivity index (χ4v) is 11.0. The minimum absolute atomic E-state index is 1.15. The zero-order valence-corrected chi connectivity index (χ0v) is 35.1. The Labute approximate surface area is 369 Å². The van der Waals surface area contributed by atoms with Crippen LogP contribution in [-0.2, 0) is 0 Å². The quantitative estimate of drug-likeness (QED) is 0.158. The van der Waals surface area contributed by atoms with Gasteiger partial charge in [0.15, 0.2) is 0 Å². The van der Waals surface area contributed by atoms with Crippen LogP contribution in [0.2, 0.25) is 0 Å². The summed E-state index contributed by atoms with van der Waals surface area (Å²) in [5.41, 5.74) is 16.8. The third kappa shape index (κ3) is 4.92. The Balaban J connectivity index is 1.08. The predicted molar refractivity (Wildman–Crippen MR) is 271 cm³/mol. The molecule has 11 aromatic carbocycles. The average Bonchev–Trinajstić information content (AvgIpc) is 3.87. The molecule has 298 valence electrons. The third-order valence-electron chi connectivity index (χ3n) is 13.9. The molecule has 1 aliphatic rings. The highest BCUT2D eigenvalue weighted by molar-refractivity contribution is 6.33. The van der Waals surface area contributed by atoms with E-state index in [1.165, 1.54) is 126 Å². The molecule has 0 atom stereocenters. The van der Waals surface area contributed by atoms with Crippen LogP contribution in [0.15, 0.2) is 218 Å². The van der Waals surface area contributed by atoms with Gasteiger partial charge < -0.3 is 14.0 Å². The number of nitrogens with zero attached hydrogens (tertiary/aromatic N) is 3. The Morgan fingerprint density at radius 2 is 0.719 bits per heavy atom. The molecule has 0 unspecified atom stereocenters. The van der Waals surface area contributed by atoms with Crippen molar-refractivity contribution < 1.29 is 0 Å². The molecular weight excluding hydrogens is 775 g/mol. The highest BCUT2D eigenvalue weighted by atomic mass is 15.2. The van der Waals surface area contributed by atoms with Gasteiger partial charge in [0, 0.05) is 54.2 Å². The largest absolute Gasteiger partial charge is 0.309 e. The maximum Gasteiger partial charge on any atom is 0.0548 e. The lowest BCUT2D eigenvalue weighted by atomic mass is 9.89. The summed E-state index contributed by atoms with van der Waals surface area (Å²) in [5.74, 6) is 0. The Hall–Kier alpha value is -8.40. The molecule has 3 heterocycles. The van der Waals surface area contributed by atoms with Crippen molar-refractivity contribution in [1.29, 1.82) is 0 Å². The van der Waals surface area contributed by atoms with Gasteiger partial charge in [-0.15, -0.1) is 0 Å². The second-order valence-electron chi connectivity index (χ2n) is 17.4. The van der Waals surface area contributed by atoms with Gasteiger partial charge in [0.2, 0.25) is 0 Å². The summed E-state index contributed by atoms with van der Waals surface area (Å²) in [5, 5.41) is 12.5. The number of hydrogen-bond donors (Lipinski definition) is 0. The molecule has 64 heavy (non-hydrogen) atoms. The monoisotopic (exact) mass is 813 g/mol. The Morgan fingerprint density at radius 1 is 0.281 bits per heavy atom. The molecule has 2 aromatic heterocycles. The first-order valence-corrected chi connectivity index (χ1v) is 22.2. The SMILES string of the molecule is Cc1ccc(N2c3ccc(-n4c5ccccc5c5cc(-c6ccccc6)ccc54)c4ccc5ccc6c(-n7c8ccccc8c8cc(-c9ccccc9)ccc87)ccc2c6c5c34)cc1. The topological polar surface area (TPSA) is 13.1 Å². The van der Waals surface area contributed by atoms with E-state index in [0.717, 1.165) is 5.69 Å². The molecule has 0 saturated heterocycles. The molecule has 0 radical (unpaired) electrons. The molecule has 3 nitrogen and oxygen atoms in total. The average molecular weight is 814 g/mol. The van der Waals surface area contributed by atoms with Crippen molar-refractivity contribution in [3.63, 3.8) is 0 Å². The van der Waals surface area contributed by atoms with Gasteiger partial charge >= 0.3 is 0 Å². The number of para-hydroxylation sites is 2. The number of benzene rings is 11. The van der Waals surface area contributed by atoms with Crippen LogP contribution in [-0.4, -0.2) is 9.13 Å². The maximum atomic E-state index is 2.50. The fraction of sp³-hybridized carbons (Fsp3) is 0.0164. The first-order valence-electron chi connectivity index (χ1n) is 22.2. The van der Waals surface area contributed by atoms with Crippen LogP contribution in [0.1, 0.15) is 5.56 Å². The fourth-order valence-electron chi connectivity index (χ4n) is 11.0. The van der Waals surface area contributed by atoms with E-state index in [4.69, 9.17) is 0 Å². The highest BCUT2D eigenvalue weighted by Gasteiger charge is 2.29. The lowest BCUT2D eigenvalue weighted by molar-refractivity contribution is 1.19. The number of rotatable bonds is 5. The van der Waals surface area contributed by atoms with Gasteiger partial charge in [-0.05, 0) is 107 Å². The van der Waals surface area contributed by atoms with Crippen LogP contribution < -0.4 is 4.90 Å². The smallest absolute Gasteiger partial charge is 0.0548 e. The van der Waals surface area contributed by atoms with E-state index in [2.05, 4.69) is 239 Å². The van der Waals surface area contributed by atoms with E-state index < -0.39 is 0 Å². The molecular formula is C61H39N3. The van der Waals surface area contributed by atoms with Gasteiger partial charge in [-0.2, -0.15) is 0 Å². The summed E-state index contributed by atoms with van der Waals surface area (Å²) in [6.07, 6.45) is 0. The number of hydrogen-bond acceptors (Lipinski definition) is 1. The number of aryl methyl sites for hydroxylation is 1. The molecule has 0 aliphatic carbocycles. The molecule has 0 spiro atoms. The van der Waals surface area contributed by atoms with Gasteiger partial charge in [0.1, 0.15) is 0 Å². The van der Waals surface area contributed by atoms with E-state index in [9.17, 15) is 0 Å². The van der Waals surface area contributed by atoms with E-state index in [-0.39, 0.29) is 0 Å². The van der Waals surface area contributed by atoms with Crippen molar-refractivity contribution in [2.75, 3.05) is 4.90 Å². The van der Waals surface area contributed by atoms with Crippen LogP contribution in [0.25, 0.3) is 110 Å². The molecule has 0 bridgehead atoms. The molecule has 1 aliphatic heterocycles. The molecule has 0 amide bonds. The minimum atomic E-state index is 1.15. The summed E-state index contributed by atoms with van der Waals surface area (Å²) in [6, 6.07) is 81.0. The normalized spacial score (nSPS) is 12.4. The van der Waals surface area contributed by atoms with E-state index in [1.54, 1.807) is 0 Å². The second-order valence-corrected chi connectivity index (χ2v) is 17.4. The van der Waals surface area contributed by atoms with E-state index in [0.29, 0.717) is 0 Å². The van der Waals surface area contributed by atoms with Crippen LogP contribution in [0.4, 0.5) is 17.1 Å². The summed E-state index contributed by atoms with van der Waals surface area (Å²) in [7, 11) is 0. The Kier molecular flexibility index (Phi) is 7.32. The highest BCUT2D eigenvalue weighted by Crippen LogP contribution is 2.54. The summed E-state index contributed by atoms with van der Waals surface area (Å²) < 4.78 is 4.99. The van der Waals surface area contributed by atoms with Gasteiger partial charge in [-0.1, -0.05) is 151 Å². The number of anilines is 3.